The molecule has 1 atom stereocenters. The quantitative estimate of drug-likeness (QED) is 0.263. The van der Waals surface area contributed by atoms with Crippen LogP contribution < -0.4 is 10.2 Å². The van der Waals surface area contributed by atoms with E-state index in [2.05, 4.69) is 21.8 Å². The highest BCUT2D eigenvalue weighted by Gasteiger charge is 2.26. The van der Waals surface area contributed by atoms with E-state index in [9.17, 15) is 10.0 Å². The summed E-state index contributed by atoms with van der Waals surface area (Å²) in [7, 11) is 1.52. The molecule has 34 heavy (non-hydrogen) atoms. The normalized spacial score (nSPS) is 13.7. The number of benzene rings is 2. The number of nitrogens with one attached hydrogen (secondary N) is 1. The minimum atomic E-state index is -0.768. The number of ether oxygens (including phenoxy) is 1. The highest BCUT2D eigenvalue weighted by Crippen LogP contribution is 2.31. The Bertz CT molecular complexity index is 1380. The van der Waals surface area contributed by atoms with E-state index in [0.29, 0.717) is 29.6 Å². The molecule has 0 bridgehead atoms. The summed E-state index contributed by atoms with van der Waals surface area (Å²) in [5, 5.41) is 15.0. The average Bonchev–Trinajstić information content (AvgIpc) is 3.65. The van der Waals surface area contributed by atoms with Crippen molar-refractivity contribution < 1.29 is 14.7 Å². The second kappa shape index (κ2) is 9.33. The van der Waals surface area contributed by atoms with Gasteiger partial charge in [-0.25, -0.2) is 20.1 Å². The Kier molecular flexibility index (Phi) is 5.93. The molecule has 1 aliphatic rings. The molecule has 1 aliphatic carbocycles. The first-order valence-corrected chi connectivity index (χ1v) is 11.0. The van der Waals surface area contributed by atoms with Crippen LogP contribution in [0.4, 0.5) is 0 Å². The zero-order valence-corrected chi connectivity index (χ0v) is 18.6. The Morgan fingerprint density at radius 1 is 1.18 bits per heavy atom. The Balaban J connectivity index is 1.63. The lowest BCUT2D eigenvalue weighted by atomic mass is 10.0. The van der Waals surface area contributed by atoms with E-state index in [1.807, 2.05) is 48.5 Å². The number of carbonyl (C=O) groups excluding carboxylic acids is 1. The molecule has 8 heteroatoms. The van der Waals surface area contributed by atoms with Crippen molar-refractivity contribution in [2.45, 2.75) is 25.3 Å². The summed E-state index contributed by atoms with van der Waals surface area (Å²) in [6.45, 7) is 0. The van der Waals surface area contributed by atoms with Gasteiger partial charge in [0.1, 0.15) is 11.7 Å². The fraction of sp³-hybridized carbons (Fsp3) is 0.231. The molecule has 1 fully saturated rings. The van der Waals surface area contributed by atoms with Crippen LogP contribution in [0.1, 0.15) is 30.1 Å². The fourth-order valence-corrected chi connectivity index (χ4v) is 3.80. The summed E-state index contributed by atoms with van der Waals surface area (Å²) in [5.41, 5.74) is 5.83. The van der Waals surface area contributed by atoms with Crippen LogP contribution in [0.25, 0.3) is 22.0 Å². The van der Waals surface area contributed by atoms with E-state index in [0.717, 1.165) is 34.9 Å². The maximum atomic E-state index is 12.7. The number of nitrogens with zero attached hydrogens (tertiary/aromatic N) is 4. The van der Waals surface area contributed by atoms with E-state index in [1.54, 1.807) is 22.6 Å². The molecule has 1 unspecified atom stereocenters. The molecule has 4 aromatic rings. The summed E-state index contributed by atoms with van der Waals surface area (Å²) in [5.74, 6) is 6.40. The number of carbonyl (C=O) groups is 1. The molecule has 2 heterocycles. The first kappa shape index (κ1) is 21.6. The van der Waals surface area contributed by atoms with Crippen molar-refractivity contribution in [2.24, 2.45) is 5.92 Å². The zero-order valence-electron chi connectivity index (χ0n) is 18.6. The van der Waals surface area contributed by atoms with Crippen LogP contribution in [0.2, 0.25) is 0 Å². The van der Waals surface area contributed by atoms with Gasteiger partial charge in [0.2, 0.25) is 0 Å². The molecule has 170 valence electrons. The number of hydroxylamine groups is 1. The second-order valence-electron chi connectivity index (χ2n) is 8.21. The van der Waals surface area contributed by atoms with Crippen LogP contribution in [0.3, 0.4) is 0 Å². The second-order valence-corrected chi connectivity index (χ2v) is 8.21. The summed E-state index contributed by atoms with van der Waals surface area (Å²) in [4.78, 5) is 21.1. The van der Waals surface area contributed by atoms with Gasteiger partial charge in [0.25, 0.3) is 5.91 Å². The van der Waals surface area contributed by atoms with Crippen molar-refractivity contribution in [1.29, 1.82) is 0 Å². The summed E-state index contributed by atoms with van der Waals surface area (Å²) >= 11 is 0. The van der Waals surface area contributed by atoms with Crippen molar-refractivity contribution in [3.63, 3.8) is 0 Å². The molecule has 1 amide bonds. The van der Waals surface area contributed by atoms with Gasteiger partial charge in [0, 0.05) is 35.7 Å². The van der Waals surface area contributed by atoms with Gasteiger partial charge in [-0.3, -0.25) is 10.0 Å². The van der Waals surface area contributed by atoms with Crippen molar-refractivity contribution >= 4 is 16.8 Å². The summed E-state index contributed by atoms with van der Waals surface area (Å²) in [6.07, 6.45) is 5.92. The van der Waals surface area contributed by atoms with Crippen LogP contribution in [-0.4, -0.2) is 38.0 Å². The molecule has 5 rings (SSSR count). The summed E-state index contributed by atoms with van der Waals surface area (Å²) in [6, 6.07) is 15.0. The van der Waals surface area contributed by atoms with E-state index < -0.39 is 11.9 Å². The van der Waals surface area contributed by atoms with E-state index >= 15 is 0 Å². The molecule has 0 radical (unpaired) electrons. The van der Waals surface area contributed by atoms with Gasteiger partial charge in [-0.15, -0.1) is 0 Å². The predicted octanol–water partition coefficient (Wildman–Crippen LogP) is 3.55. The molecule has 2 aromatic heterocycles. The first-order valence-electron chi connectivity index (χ1n) is 11.0. The molecule has 2 N–H and O–H groups in total. The maximum absolute atomic E-state index is 12.7. The van der Waals surface area contributed by atoms with Gasteiger partial charge in [-0.05, 0) is 42.0 Å². The number of hydrogen-bond donors (Lipinski definition) is 2. The molecule has 0 saturated heterocycles. The number of rotatable bonds is 6. The van der Waals surface area contributed by atoms with Crippen molar-refractivity contribution in [3.8, 4) is 29.0 Å². The minimum Gasteiger partial charge on any atom is -0.467 e. The molecule has 8 nitrogen and oxygen atoms in total. The van der Waals surface area contributed by atoms with Crippen molar-refractivity contribution in [1.82, 2.24) is 25.2 Å². The molecular formula is C26H23N5O3. The Morgan fingerprint density at radius 2 is 1.94 bits per heavy atom. The Morgan fingerprint density at radius 3 is 2.62 bits per heavy atom. The lowest BCUT2D eigenvalue weighted by Crippen LogP contribution is -2.33. The lowest BCUT2D eigenvalue weighted by molar-refractivity contribution is -0.132. The Labute approximate surface area is 196 Å². The zero-order chi connectivity index (χ0) is 23.5. The topological polar surface area (TPSA) is 102 Å². The monoisotopic (exact) mass is 453 g/mol. The van der Waals surface area contributed by atoms with Crippen LogP contribution in [-0.2, 0) is 11.2 Å². The highest BCUT2D eigenvalue weighted by atomic mass is 16.5. The molecule has 0 aliphatic heterocycles. The van der Waals surface area contributed by atoms with E-state index in [-0.39, 0.29) is 0 Å². The third-order valence-corrected chi connectivity index (χ3v) is 5.79. The third kappa shape index (κ3) is 4.47. The molecule has 2 aromatic carbocycles. The maximum Gasteiger partial charge on any atom is 0.316 e. The smallest absolute Gasteiger partial charge is 0.316 e. The van der Waals surface area contributed by atoms with Crippen LogP contribution in [0.5, 0.6) is 6.01 Å². The van der Waals surface area contributed by atoms with E-state index in [1.165, 1.54) is 7.11 Å². The van der Waals surface area contributed by atoms with Gasteiger partial charge in [0.15, 0.2) is 0 Å². The first-order chi connectivity index (χ1) is 16.7. The number of methoxy groups -OCH3 is 1. The highest BCUT2D eigenvalue weighted by molar-refractivity contribution is 5.90. The SMILES string of the molecule is COc1ncc(-c2ccc3nn(C(Cc4ccccc4)C(=O)NO)c(C#CC4CC4)c3c2)cn1. The van der Waals surface area contributed by atoms with Crippen molar-refractivity contribution in [2.75, 3.05) is 7.11 Å². The van der Waals surface area contributed by atoms with Crippen LogP contribution in [0.15, 0.2) is 60.9 Å². The number of amides is 1. The fourth-order valence-electron chi connectivity index (χ4n) is 3.80. The molecule has 1 saturated carbocycles. The average molecular weight is 454 g/mol. The van der Waals surface area contributed by atoms with Gasteiger partial charge in [-0.1, -0.05) is 42.3 Å². The Hall–Kier alpha value is -4.22. The van der Waals surface area contributed by atoms with Gasteiger partial charge in [-0.2, -0.15) is 5.10 Å². The van der Waals surface area contributed by atoms with Gasteiger partial charge < -0.3 is 4.74 Å². The van der Waals surface area contributed by atoms with Crippen LogP contribution >= 0.6 is 0 Å². The standard InChI is InChI=1S/C26H23N5O3/c1-34-26-27-15-20(16-28-26)19-10-11-22-21(14-19)23(12-9-17-7-8-17)31(29-22)24(25(32)30-33)13-18-5-3-2-4-6-18/h2-6,10-11,14-17,24,33H,7-8,13H2,1H3,(H,30,32). The number of hydrogen-bond acceptors (Lipinski definition) is 6. The third-order valence-electron chi connectivity index (χ3n) is 5.79. The molecule has 0 spiro atoms. The largest absolute Gasteiger partial charge is 0.467 e. The summed E-state index contributed by atoms with van der Waals surface area (Å²) < 4.78 is 6.69. The predicted molar refractivity (Wildman–Crippen MR) is 126 cm³/mol. The number of aromatic nitrogens is 4. The van der Waals surface area contributed by atoms with E-state index in [4.69, 9.17) is 9.84 Å². The van der Waals surface area contributed by atoms with Gasteiger partial charge in [0.05, 0.1) is 12.6 Å². The van der Waals surface area contributed by atoms with Crippen molar-refractivity contribution in [3.05, 3.63) is 72.2 Å². The molecular weight excluding hydrogens is 430 g/mol. The lowest BCUT2D eigenvalue weighted by Gasteiger charge is -2.17. The van der Waals surface area contributed by atoms with Crippen LogP contribution in [0, 0.1) is 17.8 Å². The minimum absolute atomic E-state index is 0.299. The number of fused-ring (bicyclic) bond motifs is 1. The van der Waals surface area contributed by atoms with Gasteiger partial charge >= 0.3 is 6.01 Å².